The largest absolute Gasteiger partial charge is 0.297 e. The van der Waals surface area contributed by atoms with Crippen molar-refractivity contribution in [3.63, 3.8) is 0 Å². The van der Waals surface area contributed by atoms with Crippen LogP contribution in [0.2, 0.25) is 0 Å². The molecule has 0 saturated heterocycles. The molecule has 0 saturated carbocycles. The summed E-state index contributed by atoms with van der Waals surface area (Å²) in [4.78, 5) is 2.49. The summed E-state index contributed by atoms with van der Waals surface area (Å²) in [6, 6.07) is 1.27. The van der Waals surface area contributed by atoms with Crippen molar-refractivity contribution in [1.29, 1.82) is 0 Å². The van der Waals surface area contributed by atoms with Gasteiger partial charge in [-0.1, -0.05) is 6.92 Å². The van der Waals surface area contributed by atoms with Crippen LogP contribution < -0.4 is 5.32 Å². The molecule has 0 unspecified atom stereocenters. The third-order valence-corrected chi connectivity index (χ3v) is 2.22. The quantitative estimate of drug-likeness (QED) is 0.555. The predicted octanol–water partition coefficient (Wildman–Crippen LogP) is 2.12. The van der Waals surface area contributed by atoms with Crippen molar-refractivity contribution in [2.24, 2.45) is 0 Å². The topological polar surface area (TPSA) is 17.3 Å². The van der Waals surface area contributed by atoms with Crippen molar-refractivity contribution < 1.29 is 0 Å². The lowest BCUT2D eigenvalue weighted by Crippen LogP contribution is -2.40. The van der Waals surface area contributed by atoms with Crippen molar-refractivity contribution in [2.45, 2.75) is 53.1 Å². The van der Waals surface area contributed by atoms with Crippen LogP contribution in [0.25, 0.3) is 0 Å². The molecule has 0 aliphatic carbocycles. The highest BCUT2D eigenvalue weighted by Gasteiger charge is 2.11. The van der Waals surface area contributed by atoms with E-state index in [1.807, 2.05) is 0 Å². The number of rotatable bonds is 7. The lowest BCUT2D eigenvalue weighted by molar-refractivity contribution is 0.175. The summed E-state index contributed by atoms with van der Waals surface area (Å²) < 4.78 is 0. The fourth-order valence-corrected chi connectivity index (χ4v) is 1.57. The molecule has 0 aliphatic rings. The van der Waals surface area contributed by atoms with Crippen LogP contribution >= 0.6 is 0 Å². The van der Waals surface area contributed by atoms with Crippen LogP contribution in [-0.4, -0.2) is 36.6 Å². The van der Waals surface area contributed by atoms with Gasteiger partial charge in [-0.3, -0.25) is 4.90 Å². The van der Waals surface area contributed by atoms with Gasteiger partial charge in [-0.05, 0) is 34.1 Å². The smallest absolute Gasteiger partial charge is 0.0261 e. The van der Waals surface area contributed by atoms with Gasteiger partial charge in [0.15, 0.2) is 0 Å². The standard InChI is InChI=1S/C11H25N2/c1-6-7-12-8-9-13(10(2)3)11(4)5/h10-11H,6-9H2,1-5H3. The molecule has 2 heteroatoms. The van der Waals surface area contributed by atoms with E-state index >= 15 is 0 Å². The molecule has 0 aliphatic heterocycles. The second-order valence-electron chi connectivity index (χ2n) is 4.10. The van der Waals surface area contributed by atoms with Crippen LogP contribution in [0.3, 0.4) is 0 Å². The summed E-state index contributed by atoms with van der Waals surface area (Å²) in [5.74, 6) is 0. The Bertz CT molecular complexity index is 103. The Kier molecular flexibility index (Phi) is 7.29. The predicted molar refractivity (Wildman–Crippen MR) is 59.1 cm³/mol. The first kappa shape index (κ1) is 12.9. The molecule has 0 fully saturated rings. The average molecular weight is 185 g/mol. The van der Waals surface area contributed by atoms with E-state index in [-0.39, 0.29) is 0 Å². The van der Waals surface area contributed by atoms with Gasteiger partial charge in [-0.15, -0.1) is 0 Å². The summed E-state index contributed by atoms with van der Waals surface area (Å²) in [7, 11) is 0. The van der Waals surface area contributed by atoms with E-state index in [4.69, 9.17) is 0 Å². The van der Waals surface area contributed by atoms with Gasteiger partial charge in [-0.25, -0.2) is 5.32 Å². The van der Waals surface area contributed by atoms with Crippen molar-refractivity contribution in [3.05, 3.63) is 0 Å². The van der Waals surface area contributed by atoms with Crippen LogP contribution in [0.5, 0.6) is 0 Å². The highest BCUT2D eigenvalue weighted by atomic mass is 15.2. The lowest BCUT2D eigenvalue weighted by Gasteiger charge is -2.30. The fourth-order valence-electron chi connectivity index (χ4n) is 1.57. The molecule has 0 aromatic heterocycles. The van der Waals surface area contributed by atoms with Crippen LogP contribution in [0, 0.1) is 0 Å². The number of hydrogen-bond donors (Lipinski definition) is 0. The maximum absolute atomic E-state index is 4.45. The molecule has 2 nitrogen and oxygen atoms in total. The Hall–Kier alpha value is -0.0800. The maximum atomic E-state index is 4.45. The SMILES string of the molecule is CCC[N]CCN(C(C)C)C(C)C. The van der Waals surface area contributed by atoms with Gasteiger partial charge in [0.05, 0.1) is 0 Å². The van der Waals surface area contributed by atoms with Gasteiger partial charge in [-0.2, -0.15) is 0 Å². The summed E-state index contributed by atoms with van der Waals surface area (Å²) >= 11 is 0. The van der Waals surface area contributed by atoms with E-state index < -0.39 is 0 Å². The Morgan fingerprint density at radius 2 is 1.54 bits per heavy atom. The van der Waals surface area contributed by atoms with Gasteiger partial charge in [0, 0.05) is 31.7 Å². The lowest BCUT2D eigenvalue weighted by atomic mass is 10.2. The molecule has 0 N–H and O–H groups in total. The van der Waals surface area contributed by atoms with E-state index in [2.05, 4.69) is 44.8 Å². The third kappa shape index (κ3) is 6.05. The Labute approximate surface area is 83.7 Å². The summed E-state index contributed by atoms with van der Waals surface area (Å²) in [5.41, 5.74) is 0. The zero-order valence-electron chi connectivity index (χ0n) is 9.88. The van der Waals surface area contributed by atoms with Crippen LogP contribution in [0.4, 0.5) is 0 Å². The monoisotopic (exact) mass is 185 g/mol. The third-order valence-electron chi connectivity index (χ3n) is 2.22. The van der Waals surface area contributed by atoms with E-state index in [1.54, 1.807) is 0 Å². The number of hydrogen-bond acceptors (Lipinski definition) is 1. The molecular formula is C11H25N2. The number of nitrogens with zero attached hydrogens (tertiary/aromatic N) is 2. The first-order valence-corrected chi connectivity index (χ1v) is 5.48. The minimum absolute atomic E-state index is 0.636. The second kappa shape index (κ2) is 7.34. The molecule has 1 radical (unpaired) electrons. The van der Waals surface area contributed by atoms with Gasteiger partial charge in [0.2, 0.25) is 0 Å². The Balaban J connectivity index is 3.58. The van der Waals surface area contributed by atoms with Crippen molar-refractivity contribution >= 4 is 0 Å². The minimum Gasteiger partial charge on any atom is -0.297 e. The van der Waals surface area contributed by atoms with E-state index in [0.29, 0.717) is 12.1 Å². The zero-order valence-corrected chi connectivity index (χ0v) is 9.88. The molecule has 0 aromatic rings. The van der Waals surface area contributed by atoms with E-state index in [1.165, 1.54) is 6.42 Å². The summed E-state index contributed by atoms with van der Waals surface area (Å²) in [5, 5.41) is 4.45. The van der Waals surface area contributed by atoms with Gasteiger partial charge in [0.1, 0.15) is 0 Å². The molecule has 0 rings (SSSR count). The Morgan fingerprint density at radius 3 is 1.92 bits per heavy atom. The van der Waals surface area contributed by atoms with Gasteiger partial charge >= 0.3 is 0 Å². The summed E-state index contributed by atoms with van der Waals surface area (Å²) in [6.07, 6.45) is 1.17. The van der Waals surface area contributed by atoms with Gasteiger partial charge in [0.25, 0.3) is 0 Å². The normalized spacial score (nSPS) is 12.0. The van der Waals surface area contributed by atoms with Crippen LogP contribution in [-0.2, 0) is 0 Å². The highest BCUT2D eigenvalue weighted by molar-refractivity contribution is 4.67. The molecule has 0 atom stereocenters. The van der Waals surface area contributed by atoms with Crippen LogP contribution in [0.15, 0.2) is 0 Å². The fraction of sp³-hybridized carbons (Fsp3) is 1.00. The first-order chi connectivity index (χ1) is 6.09. The van der Waals surface area contributed by atoms with E-state index in [9.17, 15) is 0 Å². The maximum Gasteiger partial charge on any atom is 0.0261 e. The minimum atomic E-state index is 0.636. The van der Waals surface area contributed by atoms with Crippen molar-refractivity contribution in [1.82, 2.24) is 10.2 Å². The second-order valence-corrected chi connectivity index (χ2v) is 4.10. The molecule has 13 heavy (non-hydrogen) atoms. The van der Waals surface area contributed by atoms with Gasteiger partial charge < -0.3 is 0 Å². The molecule has 0 aromatic carbocycles. The average Bonchev–Trinajstić information content (AvgIpc) is 2.02. The molecule has 0 spiro atoms. The molecular weight excluding hydrogens is 160 g/mol. The highest BCUT2D eigenvalue weighted by Crippen LogP contribution is 2.03. The Morgan fingerprint density at radius 1 is 1.00 bits per heavy atom. The van der Waals surface area contributed by atoms with E-state index in [0.717, 1.165) is 19.6 Å². The van der Waals surface area contributed by atoms with Crippen molar-refractivity contribution in [2.75, 3.05) is 19.6 Å². The molecule has 0 amide bonds. The summed E-state index contributed by atoms with van der Waals surface area (Å²) in [6.45, 7) is 14.3. The van der Waals surface area contributed by atoms with Crippen LogP contribution in [0.1, 0.15) is 41.0 Å². The zero-order chi connectivity index (χ0) is 10.3. The van der Waals surface area contributed by atoms with Crippen molar-refractivity contribution in [3.8, 4) is 0 Å². The molecule has 0 bridgehead atoms. The molecule has 0 heterocycles. The first-order valence-electron chi connectivity index (χ1n) is 5.48. The molecule has 79 valence electrons.